The average molecular weight is 327 g/mol. The maximum absolute atomic E-state index is 10.6. The molecule has 1 unspecified atom stereocenters. The van der Waals surface area contributed by atoms with E-state index in [0.29, 0.717) is 6.42 Å². The molecule has 1 aromatic heterocycles. The predicted molar refractivity (Wildman–Crippen MR) is 78.3 cm³/mol. The maximum Gasteiger partial charge on any atom is 0.118 e. The number of aliphatic hydroxyl groups is 1. The van der Waals surface area contributed by atoms with Crippen LogP contribution in [-0.2, 0) is 12.0 Å². The zero-order valence-electron chi connectivity index (χ0n) is 10.3. The standard InChI is InChI=1S/C14H15BrO2S/c1-14(16,9-13-12(15)7-8-18-13)10-3-5-11(17-2)6-4-10/h3-8,16H,9H2,1-2H3. The summed E-state index contributed by atoms with van der Waals surface area (Å²) >= 11 is 5.14. The van der Waals surface area contributed by atoms with E-state index in [-0.39, 0.29) is 0 Å². The molecule has 0 aliphatic heterocycles. The van der Waals surface area contributed by atoms with Crippen molar-refractivity contribution in [1.82, 2.24) is 0 Å². The minimum Gasteiger partial charge on any atom is -0.497 e. The summed E-state index contributed by atoms with van der Waals surface area (Å²) in [4.78, 5) is 1.15. The van der Waals surface area contributed by atoms with Gasteiger partial charge < -0.3 is 9.84 Å². The van der Waals surface area contributed by atoms with Crippen LogP contribution in [0.3, 0.4) is 0 Å². The molecule has 0 saturated heterocycles. The van der Waals surface area contributed by atoms with E-state index in [4.69, 9.17) is 4.74 Å². The van der Waals surface area contributed by atoms with E-state index in [1.165, 1.54) is 0 Å². The van der Waals surface area contributed by atoms with Crippen LogP contribution in [0.1, 0.15) is 17.4 Å². The van der Waals surface area contributed by atoms with Gasteiger partial charge in [0, 0.05) is 15.8 Å². The first-order chi connectivity index (χ1) is 8.53. The molecule has 1 N–H and O–H groups in total. The molecule has 0 aliphatic rings. The van der Waals surface area contributed by atoms with Crippen molar-refractivity contribution in [2.24, 2.45) is 0 Å². The fourth-order valence-corrected chi connectivity index (χ4v) is 3.46. The number of methoxy groups -OCH3 is 1. The molecule has 1 heterocycles. The molecule has 0 spiro atoms. The lowest BCUT2D eigenvalue weighted by Crippen LogP contribution is -2.23. The van der Waals surface area contributed by atoms with Gasteiger partial charge in [-0.15, -0.1) is 11.3 Å². The highest BCUT2D eigenvalue weighted by molar-refractivity contribution is 9.10. The van der Waals surface area contributed by atoms with Crippen molar-refractivity contribution >= 4 is 27.3 Å². The van der Waals surface area contributed by atoms with E-state index in [2.05, 4.69) is 15.9 Å². The third kappa shape index (κ3) is 2.94. The third-order valence-electron chi connectivity index (χ3n) is 2.91. The zero-order chi connectivity index (χ0) is 13.2. The molecule has 4 heteroatoms. The maximum atomic E-state index is 10.6. The van der Waals surface area contributed by atoms with E-state index < -0.39 is 5.60 Å². The Balaban J connectivity index is 2.21. The van der Waals surface area contributed by atoms with Crippen molar-refractivity contribution in [2.45, 2.75) is 18.9 Å². The van der Waals surface area contributed by atoms with Gasteiger partial charge in [0.25, 0.3) is 0 Å². The number of rotatable bonds is 4. The molecule has 96 valence electrons. The Morgan fingerprint density at radius 2 is 1.94 bits per heavy atom. The molecule has 0 radical (unpaired) electrons. The molecule has 0 aliphatic carbocycles. The zero-order valence-corrected chi connectivity index (χ0v) is 12.7. The molecular formula is C14H15BrO2S. The fraction of sp³-hybridized carbons (Fsp3) is 0.286. The van der Waals surface area contributed by atoms with Gasteiger partial charge in [0.05, 0.1) is 12.7 Å². The van der Waals surface area contributed by atoms with Crippen LogP contribution in [0, 0.1) is 0 Å². The lowest BCUT2D eigenvalue weighted by atomic mass is 9.92. The average Bonchev–Trinajstić information content (AvgIpc) is 2.74. The van der Waals surface area contributed by atoms with Crippen molar-refractivity contribution < 1.29 is 9.84 Å². The van der Waals surface area contributed by atoms with Gasteiger partial charge in [-0.3, -0.25) is 0 Å². The molecule has 1 atom stereocenters. The second-order valence-corrected chi connectivity index (χ2v) is 6.23. The van der Waals surface area contributed by atoms with E-state index in [1.54, 1.807) is 18.4 Å². The van der Waals surface area contributed by atoms with E-state index >= 15 is 0 Å². The summed E-state index contributed by atoms with van der Waals surface area (Å²) in [5.41, 5.74) is 0.0169. The smallest absolute Gasteiger partial charge is 0.118 e. The van der Waals surface area contributed by atoms with Crippen LogP contribution in [0.2, 0.25) is 0 Å². The lowest BCUT2D eigenvalue weighted by molar-refractivity contribution is 0.0583. The highest BCUT2D eigenvalue weighted by atomic mass is 79.9. The highest BCUT2D eigenvalue weighted by Gasteiger charge is 2.25. The van der Waals surface area contributed by atoms with Crippen molar-refractivity contribution in [2.75, 3.05) is 7.11 Å². The third-order valence-corrected chi connectivity index (χ3v) is 4.83. The normalized spacial score (nSPS) is 14.2. The molecule has 0 fully saturated rings. The largest absolute Gasteiger partial charge is 0.497 e. The topological polar surface area (TPSA) is 29.5 Å². The molecular weight excluding hydrogens is 312 g/mol. The Kier molecular flexibility index (Phi) is 4.10. The minimum atomic E-state index is -0.875. The minimum absolute atomic E-state index is 0.595. The number of hydrogen-bond acceptors (Lipinski definition) is 3. The van der Waals surface area contributed by atoms with Crippen LogP contribution in [0.15, 0.2) is 40.2 Å². The molecule has 0 amide bonds. The van der Waals surface area contributed by atoms with Crippen LogP contribution in [0.25, 0.3) is 0 Å². The molecule has 2 aromatic rings. The van der Waals surface area contributed by atoms with Gasteiger partial charge in [0.2, 0.25) is 0 Å². The second kappa shape index (κ2) is 5.43. The van der Waals surface area contributed by atoms with Gasteiger partial charge in [-0.1, -0.05) is 12.1 Å². The summed E-state index contributed by atoms with van der Waals surface area (Å²) in [7, 11) is 1.63. The Labute approximate surface area is 119 Å². The van der Waals surface area contributed by atoms with Crippen LogP contribution in [0.5, 0.6) is 5.75 Å². The van der Waals surface area contributed by atoms with Gasteiger partial charge in [-0.25, -0.2) is 0 Å². The summed E-state index contributed by atoms with van der Waals surface area (Å²) in [6.45, 7) is 1.83. The van der Waals surface area contributed by atoms with E-state index in [9.17, 15) is 5.11 Å². The van der Waals surface area contributed by atoms with Crippen LogP contribution < -0.4 is 4.74 Å². The Hall–Kier alpha value is -0.840. The molecule has 2 rings (SSSR count). The molecule has 0 bridgehead atoms. The second-order valence-electron chi connectivity index (χ2n) is 4.37. The summed E-state index contributed by atoms with van der Waals surface area (Å²) in [5.74, 6) is 0.798. The summed E-state index contributed by atoms with van der Waals surface area (Å²) in [6, 6.07) is 9.55. The molecule has 0 saturated carbocycles. The molecule has 18 heavy (non-hydrogen) atoms. The van der Waals surface area contributed by atoms with Gasteiger partial charge in [-0.2, -0.15) is 0 Å². The Morgan fingerprint density at radius 3 is 2.44 bits per heavy atom. The van der Waals surface area contributed by atoms with Gasteiger partial charge >= 0.3 is 0 Å². The van der Waals surface area contributed by atoms with Gasteiger partial charge in [0.15, 0.2) is 0 Å². The van der Waals surface area contributed by atoms with E-state index in [1.807, 2.05) is 42.6 Å². The number of hydrogen-bond donors (Lipinski definition) is 1. The number of ether oxygens (including phenoxy) is 1. The van der Waals surface area contributed by atoms with Crippen molar-refractivity contribution in [1.29, 1.82) is 0 Å². The van der Waals surface area contributed by atoms with Crippen LogP contribution in [0.4, 0.5) is 0 Å². The quantitative estimate of drug-likeness (QED) is 0.921. The summed E-state index contributed by atoms with van der Waals surface area (Å²) < 4.78 is 6.18. The van der Waals surface area contributed by atoms with Gasteiger partial charge in [0.1, 0.15) is 5.75 Å². The fourth-order valence-electron chi connectivity index (χ4n) is 1.82. The van der Waals surface area contributed by atoms with Crippen LogP contribution in [-0.4, -0.2) is 12.2 Å². The highest BCUT2D eigenvalue weighted by Crippen LogP contribution is 2.32. The van der Waals surface area contributed by atoms with Crippen molar-refractivity contribution in [3.8, 4) is 5.75 Å². The Bertz CT molecular complexity index is 517. The summed E-state index contributed by atoms with van der Waals surface area (Å²) in [5, 5.41) is 12.6. The lowest BCUT2D eigenvalue weighted by Gasteiger charge is -2.23. The monoisotopic (exact) mass is 326 g/mol. The van der Waals surface area contributed by atoms with E-state index in [0.717, 1.165) is 20.7 Å². The van der Waals surface area contributed by atoms with Crippen LogP contribution >= 0.6 is 27.3 Å². The predicted octanol–water partition coefficient (Wildman–Crippen LogP) is 3.97. The van der Waals surface area contributed by atoms with Crippen molar-refractivity contribution in [3.63, 3.8) is 0 Å². The van der Waals surface area contributed by atoms with Crippen molar-refractivity contribution in [3.05, 3.63) is 50.6 Å². The first-order valence-corrected chi connectivity index (χ1v) is 7.29. The Morgan fingerprint density at radius 1 is 1.28 bits per heavy atom. The van der Waals surface area contributed by atoms with Gasteiger partial charge in [-0.05, 0) is 52.0 Å². The summed E-state index contributed by atoms with van der Waals surface area (Å²) in [6.07, 6.45) is 0.595. The number of halogens is 1. The SMILES string of the molecule is COc1ccc(C(C)(O)Cc2sccc2Br)cc1. The molecule has 1 aromatic carbocycles. The number of benzene rings is 1. The number of thiophene rings is 1. The molecule has 2 nitrogen and oxygen atoms in total. The first kappa shape index (κ1) is 13.6. The first-order valence-electron chi connectivity index (χ1n) is 5.62.